The van der Waals surface area contributed by atoms with E-state index in [9.17, 15) is 18.0 Å². The standard InChI is InChI=1S/C36H38F3N5O3/c1-46-30-11-10-29-33(41-30)31(34(45)42-35(14-15-35)25-7-3-2-4-8-25)28(32(40-29)24-6-5-9-26(22-24)36(37,38)39)23-43-16-12-27(13-17-43)44-18-20-47-21-19-44/h2-11,22,27H,12-21,23H2,1H3,(H,42,45). The minimum absolute atomic E-state index is 0.300. The summed E-state index contributed by atoms with van der Waals surface area (Å²) in [5, 5.41) is 3.31. The molecule has 4 aromatic rings. The molecule has 2 saturated heterocycles. The Kier molecular flexibility index (Phi) is 8.63. The fraction of sp³-hybridized carbons (Fsp3) is 0.417. The van der Waals surface area contributed by atoms with Gasteiger partial charge >= 0.3 is 6.18 Å². The molecule has 4 heterocycles. The number of aromatic nitrogens is 2. The molecule has 0 radical (unpaired) electrons. The number of halogens is 3. The lowest BCUT2D eigenvalue weighted by atomic mass is 9.94. The van der Waals surface area contributed by atoms with Crippen molar-refractivity contribution in [2.24, 2.45) is 0 Å². The second kappa shape index (κ2) is 12.9. The van der Waals surface area contributed by atoms with E-state index >= 15 is 0 Å². The fourth-order valence-electron chi connectivity index (χ4n) is 7.01. The average molecular weight is 646 g/mol. The second-order valence-corrected chi connectivity index (χ2v) is 12.7. The maximum Gasteiger partial charge on any atom is 0.416 e. The van der Waals surface area contributed by atoms with Crippen molar-refractivity contribution in [3.05, 3.63) is 89.0 Å². The van der Waals surface area contributed by atoms with Crippen molar-refractivity contribution in [1.82, 2.24) is 25.1 Å². The molecule has 8 nitrogen and oxygen atoms in total. The minimum atomic E-state index is -4.53. The first-order chi connectivity index (χ1) is 22.7. The lowest BCUT2D eigenvalue weighted by Crippen LogP contribution is -2.48. The first-order valence-corrected chi connectivity index (χ1v) is 16.2. The molecular weight excluding hydrogens is 607 g/mol. The zero-order valence-corrected chi connectivity index (χ0v) is 26.4. The molecule has 0 bridgehead atoms. The lowest BCUT2D eigenvalue weighted by molar-refractivity contribution is -0.137. The third-order valence-electron chi connectivity index (χ3n) is 9.73. The number of hydrogen-bond donors (Lipinski definition) is 1. The Balaban J connectivity index is 1.33. The monoisotopic (exact) mass is 645 g/mol. The molecule has 2 aromatic carbocycles. The SMILES string of the molecule is COc1ccc2nc(-c3cccc(C(F)(F)F)c3)c(CN3CCC(N4CCOCC4)CC3)c(C(=O)NC3(c4ccccc4)CC3)c2n1. The van der Waals surface area contributed by atoms with Crippen LogP contribution in [0, 0.1) is 0 Å². The molecule has 1 aliphatic carbocycles. The van der Waals surface area contributed by atoms with Crippen LogP contribution < -0.4 is 10.1 Å². The number of amides is 1. The first-order valence-electron chi connectivity index (χ1n) is 16.2. The molecule has 3 aliphatic rings. The fourth-order valence-corrected chi connectivity index (χ4v) is 7.01. The predicted octanol–water partition coefficient (Wildman–Crippen LogP) is 6.04. The van der Waals surface area contributed by atoms with Crippen LogP contribution in [-0.4, -0.2) is 78.2 Å². The van der Waals surface area contributed by atoms with Crippen LogP contribution in [-0.2, 0) is 23.0 Å². The van der Waals surface area contributed by atoms with E-state index in [0.29, 0.717) is 51.9 Å². The summed E-state index contributed by atoms with van der Waals surface area (Å²) >= 11 is 0. The van der Waals surface area contributed by atoms with Gasteiger partial charge in [0.25, 0.3) is 5.91 Å². The number of alkyl halides is 3. The van der Waals surface area contributed by atoms with E-state index in [-0.39, 0.29) is 5.91 Å². The van der Waals surface area contributed by atoms with Gasteiger partial charge in [0.2, 0.25) is 5.88 Å². The summed E-state index contributed by atoms with van der Waals surface area (Å²) < 4.78 is 52.7. The maximum atomic E-state index is 14.6. The predicted molar refractivity (Wildman–Crippen MR) is 172 cm³/mol. The van der Waals surface area contributed by atoms with Gasteiger partial charge in [0.05, 0.1) is 48.2 Å². The topological polar surface area (TPSA) is 79.8 Å². The Hall–Kier alpha value is -4.06. The summed E-state index contributed by atoms with van der Waals surface area (Å²) in [6.45, 7) is 5.21. The molecule has 1 saturated carbocycles. The first kappa shape index (κ1) is 31.5. The summed E-state index contributed by atoms with van der Waals surface area (Å²) in [4.78, 5) is 28.9. The molecule has 1 amide bonds. The van der Waals surface area contributed by atoms with Gasteiger partial charge in [-0.15, -0.1) is 0 Å². The zero-order chi connectivity index (χ0) is 32.6. The van der Waals surface area contributed by atoms with Crippen LogP contribution in [0.4, 0.5) is 13.2 Å². The summed E-state index contributed by atoms with van der Waals surface area (Å²) in [6, 6.07) is 18.8. The smallest absolute Gasteiger partial charge is 0.416 e. The highest BCUT2D eigenvalue weighted by Gasteiger charge is 2.46. The molecular formula is C36H38F3N5O3. The normalized spacial score (nSPS) is 19.1. The van der Waals surface area contributed by atoms with E-state index < -0.39 is 17.3 Å². The number of piperidine rings is 1. The quantitative estimate of drug-likeness (QED) is 0.250. The van der Waals surface area contributed by atoms with E-state index in [2.05, 4.69) is 15.1 Å². The Bertz CT molecular complexity index is 1750. The number of carbonyl (C=O) groups is 1. The molecule has 1 N–H and O–H groups in total. The van der Waals surface area contributed by atoms with Crippen molar-refractivity contribution in [2.45, 2.75) is 50.0 Å². The number of pyridine rings is 2. The Morgan fingerprint density at radius 3 is 2.40 bits per heavy atom. The molecule has 7 rings (SSSR count). The van der Waals surface area contributed by atoms with Crippen LogP contribution in [0.3, 0.4) is 0 Å². The van der Waals surface area contributed by atoms with Crippen molar-refractivity contribution >= 4 is 16.9 Å². The molecule has 0 unspecified atom stereocenters. The van der Waals surface area contributed by atoms with Crippen molar-refractivity contribution in [1.29, 1.82) is 0 Å². The number of morpholine rings is 1. The number of likely N-dealkylation sites (tertiary alicyclic amines) is 1. The van der Waals surface area contributed by atoms with Crippen LogP contribution in [0.2, 0.25) is 0 Å². The number of benzene rings is 2. The summed E-state index contributed by atoms with van der Waals surface area (Å²) in [5.74, 6) is -0.00688. The molecule has 47 heavy (non-hydrogen) atoms. The van der Waals surface area contributed by atoms with Gasteiger partial charge < -0.3 is 14.8 Å². The highest BCUT2D eigenvalue weighted by Crippen LogP contribution is 2.46. The van der Waals surface area contributed by atoms with Crippen molar-refractivity contribution in [2.75, 3.05) is 46.5 Å². The Morgan fingerprint density at radius 2 is 1.72 bits per heavy atom. The van der Waals surface area contributed by atoms with Crippen molar-refractivity contribution in [3.63, 3.8) is 0 Å². The molecule has 246 valence electrons. The van der Waals surface area contributed by atoms with Gasteiger partial charge in [0, 0.05) is 42.9 Å². The van der Waals surface area contributed by atoms with E-state index in [1.54, 1.807) is 18.2 Å². The van der Waals surface area contributed by atoms with E-state index in [4.69, 9.17) is 19.4 Å². The summed E-state index contributed by atoms with van der Waals surface area (Å²) in [7, 11) is 1.51. The third kappa shape index (κ3) is 6.57. The van der Waals surface area contributed by atoms with Crippen LogP contribution in [0.15, 0.2) is 66.7 Å². The Labute approximate surface area is 271 Å². The second-order valence-electron chi connectivity index (χ2n) is 12.7. The minimum Gasteiger partial charge on any atom is -0.481 e. The van der Waals surface area contributed by atoms with E-state index in [1.807, 2.05) is 30.3 Å². The molecule has 0 spiro atoms. The van der Waals surface area contributed by atoms with Gasteiger partial charge in [-0.1, -0.05) is 42.5 Å². The van der Waals surface area contributed by atoms with Crippen LogP contribution >= 0.6 is 0 Å². The number of rotatable bonds is 8. The Morgan fingerprint density at radius 1 is 0.979 bits per heavy atom. The highest BCUT2D eigenvalue weighted by atomic mass is 19.4. The molecule has 2 aliphatic heterocycles. The van der Waals surface area contributed by atoms with Gasteiger partial charge in [-0.05, 0) is 62.5 Å². The number of carbonyl (C=O) groups excluding carboxylic acids is 1. The molecule has 2 aromatic heterocycles. The number of methoxy groups -OCH3 is 1. The lowest BCUT2D eigenvalue weighted by Gasteiger charge is -2.40. The largest absolute Gasteiger partial charge is 0.481 e. The summed E-state index contributed by atoms with van der Waals surface area (Å²) in [6.07, 6.45) is -1.06. The van der Waals surface area contributed by atoms with Crippen LogP contribution in [0.25, 0.3) is 22.3 Å². The number of hydrogen-bond acceptors (Lipinski definition) is 7. The van der Waals surface area contributed by atoms with Gasteiger partial charge in [-0.2, -0.15) is 13.2 Å². The van der Waals surface area contributed by atoms with Crippen LogP contribution in [0.5, 0.6) is 5.88 Å². The van der Waals surface area contributed by atoms with E-state index in [0.717, 1.165) is 82.8 Å². The van der Waals surface area contributed by atoms with Crippen molar-refractivity contribution < 1.29 is 27.4 Å². The van der Waals surface area contributed by atoms with E-state index in [1.165, 1.54) is 13.2 Å². The van der Waals surface area contributed by atoms with Gasteiger partial charge in [0.15, 0.2) is 0 Å². The van der Waals surface area contributed by atoms with Crippen molar-refractivity contribution in [3.8, 4) is 17.1 Å². The highest BCUT2D eigenvalue weighted by molar-refractivity contribution is 6.08. The van der Waals surface area contributed by atoms with Gasteiger partial charge in [-0.25, -0.2) is 9.97 Å². The van der Waals surface area contributed by atoms with Crippen LogP contribution in [0.1, 0.15) is 52.7 Å². The molecule has 11 heteroatoms. The third-order valence-corrected chi connectivity index (χ3v) is 9.73. The molecule has 3 fully saturated rings. The average Bonchev–Trinajstić information content (AvgIpc) is 3.89. The summed E-state index contributed by atoms with van der Waals surface area (Å²) in [5.41, 5.74) is 2.02. The molecule has 0 atom stereocenters. The number of ether oxygens (including phenoxy) is 2. The number of nitrogens with one attached hydrogen (secondary N) is 1. The maximum absolute atomic E-state index is 14.6. The number of fused-ring (bicyclic) bond motifs is 1. The van der Waals surface area contributed by atoms with Gasteiger partial charge in [-0.3, -0.25) is 14.6 Å². The van der Waals surface area contributed by atoms with Gasteiger partial charge in [0.1, 0.15) is 5.52 Å². The number of nitrogens with zero attached hydrogens (tertiary/aromatic N) is 4. The zero-order valence-electron chi connectivity index (χ0n) is 26.4.